The lowest BCUT2D eigenvalue weighted by Gasteiger charge is -2.29. The lowest BCUT2D eigenvalue weighted by atomic mass is 10.2. The average molecular weight is 376 g/mol. The van der Waals surface area contributed by atoms with Crippen molar-refractivity contribution >= 4 is 28.9 Å². The van der Waals surface area contributed by atoms with E-state index in [0.717, 1.165) is 42.6 Å². The van der Waals surface area contributed by atoms with Gasteiger partial charge in [-0.1, -0.05) is 12.1 Å². The number of hydrogen-bond acceptors (Lipinski definition) is 6. The zero-order valence-corrected chi connectivity index (χ0v) is 15.3. The van der Waals surface area contributed by atoms with Gasteiger partial charge in [0, 0.05) is 24.5 Å². The average Bonchev–Trinajstić information content (AvgIpc) is 3.02. The second kappa shape index (κ2) is 7.71. The Morgan fingerprint density at radius 2 is 1.75 bits per heavy atom. The molecule has 7 heteroatoms. The summed E-state index contributed by atoms with van der Waals surface area (Å²) in [4.78, 5) is 28.6. The maximum atomic E-state index is 12.8. The number of nitrogens with zero attached hydrogens (tertiary/aromatic N) is 3. The van der Waals surface area contributed by atoms with Gasteiger partial charge in [0.25, 0.3) is 5.91 Å². The van der Waals surface area contributed by atoms with Gasteiger partial charge >= 0.3 is 0 Å². The molecule has 1 N–H and O–H groups in total. The highest BCUT2D eigenvalue weighted by Crippen LogP contribution is 2.28. The molecule has 2 aromatic rings. The van der Waals surface area contributed by atoms with Crippen LogP contribution in [0.1, 0.15) is 12.0 Å². The minimum absolute atomic E-state index is 0.0593. The van der Waals surface area contributed by atoms with E-state index in [1.165, 1.54) is 0 Å². The Morgan fingerprint density at radius 1 is 1.04 bits per heavy atom. The van der Waals surface area contributed by atoms with Gasteiger partial charge in [0.1, 0.15) is 12.1 Å². The summed E-state index contributed by atoms with van der Waals surface area (Å²) < 4.78 is 5.37. The molecule has 4 rings (SSSR count). The van der Waals surface area contributed by atoms with E-state index in [0.29, 0.717) is 11.3 Å². The van der Waals surface area contributed by atoms with Gasteiger partial charge in [-0.25, -0.2) is 4.90 Å². The number of para-hydroxylation sites is 1. The van der Waals surface area contributed by atoms with Crippen molar-refractivity contribution in [3.63, 3.8) is 0 Å². The first-order valence-electron chi connectivity index (χ1n) is 9.22. The van der Waals surface area contributed by atoms with Gasteiger partial charge in [-0.3, -0.25) is 9.59 Å². The molecule has 0 bridgehead atoms. The first-order chi connectivity index (χ1) is 13.7. The van der Waals surface area contributed by atoms with Gasteiger partial charge in [-0.05, 0) is 36.4 Å². The smallest absolute Gasteiger partial charge is 0.256 e. The summed E-state index contributed by atoms with van der Waals surface area (Å²) >= 11 is 0. The maximum Gasteiger partial charge on any atom is 0.256 e. The molecule has 28 heavy (non-hydrogen) atoms. The quantitative estimate of drug-likeness (QED) is 0.823. The van der Waals surface area contributed by atoms with E-state index in [-0.39, 0.29) is 18.2 Å². The van der Waals surface area contributed by atoms with Crippen molar-refractivity contribution in [3.8, 4) is 6.07 Å². The molecule has 0 aliphatic carbocycles. The fourth-order valence-electron chi connectivity index (χ4n) is 3.55. The van der Waals surface area contributed by atoms with Gasteiger partial charge in [-0.2, -0.15) is 5.26 Å². The van der Waals surface area contributed by atoms with Crippen LogP contribution < -0.4 is 15.1 Å². The number of morpholine rings is 1. The Bertz CT molecular complexity index is 929. The highest BCUT2D eigenvalue weighted by atomic mass is 16.5. The Labute approximate surface area is 163 Å². The van der Waals surface area contributed by atoms with E-state index < -0.39 is 6.04 Å². The van der Waals surface area contributed by atoms with Gasteiger partial charge in [0.15, 0.2) is 0 Å². The zero-order valence-electron chi connectivity index (χ0n) is 15.3. The number of anilines is 3. The normalized spacial score (nSPS) is 19.6. The topological polar surface area (TPSA) is 85.7 Å². The molecular formula is C21H20N4O3. The SMILES string of the molecule is N#Cc1ccccc1N1C(=O)CC(Nc2ccc(N3CCOCC3)cc2)C1=O. The number of carbonyl (C=O) groups is 2. The summed E-state index contributed by atoms with van der Waals surface area (Å²) in [5.41, 5.74) is 2.53. The molecule has 0 saturated carbocycles. The first kappa shape index (κ1) is 18.0. The number of ether oxygens (including phenoxy) is 1. The number of benzene rings is 2. The molecule has 2 aliphatic heterocycles. The maximum absolute atomic E-state index is 12.8. The molecule has 1 atom stereocenters. The van der Waals surface area contributed by atoms with E-state index in [9.17, 15) is 14.9 Å². The molecule has 7 nitrogen and oxygen atoms in total. The number of amides is 2. The summed E-state index contributed by atoms with van der Waals surface area (Å²) in [5.74, 6) is -0.653. The number of nitrogens with one attached hydrogen (secondary N) is 1. The Morgan fingerprint density at radius 3 is 2.46 bits per heavy atom. The van der Waals surface area contributed by atoms with E-state index in [2.05, 4.69) is 10.2 Å². The number of hydrogen-bond donors (Lipinski definition) is 1. The van der Waals surface area contributed by atoms with Gasteiger partial charge in [-0.15, -0.1) is 0 Å². The van der Waals surface area contributed by atoms with Crippen LogP contribution in [-0.4, -0.2) is 44.2 Å². The van der Waals surface area contributed by atoms with Crippen LogP contribution in [0.3, 0.4) is 0 Å². The molecule has 0 radical (unpaired) electrons. The first-order valence-corrected chi connectivity index (χ1v) is 9.22. The van der Waals surface area contributed by atoms with Crippen LogP contribution in [0.2, 0.25) is 0 Å². The van der Waals surface area contributed by atoms with Crippen LogP contribution >= 0.6 is 0 Å². The standard InChI is InChI=1S/C21H20N4O3/c22-14-15-3-1-2-4-19(15)25-20(26)13-18(21(25)27)23-16-5-7-17(8-6-16)24-9-11-28-12-10-24/h1-8,18,23H,9-13H2. The molecule has 2 heterocycles. The van der Waals surface area contributed by atoms with Crippen LogP contribution in [-0.2, 0) is 14.3 Å². The summed E-state index contributed by atoms with van der Waals surface area (Å²) in [6.07, 6.45) is 0.0593. The van der Waals surface area contributed by atoms with Crippen molar-refractivity contribution in [2.24, 2.45) is 0 Å². The third kappa shape index (κ3) is 3.42. The lowest BCUT2D eigenvalue weighted by Crippen LogP contribution is -2.36. The molecular weight excluding hydrogens is 356 g/mol. The zero-order chi connectivity index (χ0) is 19.5. The van der Waals surface area contributed by atoms with Gasteiger partial charge < -0.3 is 15.0 Å². The summed E-state index contributed by atoms with van der Waals surface area (Å²) in [7, 11) is 0. The Kier molecular flexibility index (Phi) is 4.96. The van der Waals surface area contributed by atoms with Crippen molar-refractivity contribution in [1.29, 1.82) is 5.26 Å². The Hall–Kier alpha value is -3.37. The lowest BCUT2D eigenvalue weighted by molar-refractivity contribution is -0.121. The number of rotatable bonds is 4. The molecule has 0 aromatic heterocycles. The predicted octanol–water partition coefficient (Wildman–Crippen LogP) is 2.14. The third-order valence-electron chi connectivity index (χ3n) is 5.00. The summed E-state index contributed by atoms with van der Waals surface area (Å²) in [6.45, 7) is 3.16. The number of nitriles is 1. The molecule has 0 spiro atoms. The molecule has 1 unspecified atom stereocenters. The molecule has 2 amide bonds. The summed E-state index contributed by atoms with van der Waals surface area (Å²) in [6, 6.07) is 15.8. The number of imide groups is 1. The molecule has 2 saturated heterocycles. The van der Waals surface area contributed by atoms with Crippen molar-refractivity contribution in [2.75, 3.05) is 41.4 Å². The van der Waals surface area contributed by atoms with E-state index in [4.69, 9.17) is 4.74 Å². The predicted molar refractivity (Wildman–Crippen MR) is 105 cm³/mol. The fraction of sp³-hybridized carbons (Fsp3) is 0.286. The molecule has 2 aliphatic rings. The van der Waals surface area contributed by atoms with Gasteiger partial charge in [0.05, 0.1) is 30.9 Å². The molecule has 2 aromatic carbocycles. The van der Waals surface area contributed by atoms with Crippen LogP contribution in [0.5, 0.6) is 0 Å². The fourth-order valence-corrected chi connectivity index (χ4v) is 3.55. The van der Waals surface area contributed by atoms with Crippen LogP contribution in [0, 0.1) is 11.3 Å². The highest BCUT2D eigenvalue weighted by Gasteiger charge is 2.40. The minimum atomic E-state index is -0.645. The van der Waals surface area contributed by atoms with E-state index in [1.54, 1.807) is 24.3 Å². The van der Waals surface area contributed by atoms with Crippen molar-refractivity contribution < 1.29 is 14.3 Å². The Balaban J connectivity index is 1.48. The minimum Gasteiger partial charge on any atom is -0.378 e. The van der Waals surface area contributed by atoms with E-state index in [1.807, 2.05) is 30.3 Å². The number of carbonyl (C=O) groups excluding carboxylic acids is 2. The monoisotopic (exact) mass is 376 g/mol. The third-order valence-corrected chi connectivity index (χ3v) is 5.00. The second-order valence-electron chi connectivity index (χ2n) is 6.74. The van der Waals surface area contributed by atoms with Crippen LogP contribution in [0.15, 0.2) is 48.5 Å². The second-order valence-corrected chi connectivity index (χ2v) is 6.74. The van der Waals surface area contributed by atoms with Crippen LogP contribution in [0.4, 0.5) is 17.1 Å². The summed E-state index contributed by atoms with van der Waals surface area (Å²) in [5, 5.41) is 12.4. The molecule has 142 valence electrons. The van der Waals surface area contributed by atoms with Crippen molar-refractivity contribution in [2.45, 2.75) is 12.5 Å². The highest BCUT2D eigenvalue weighted by molar-refractivity contribution is 6.23. The van der Waals surface area contributed by atoms with Crippen molar-refractivity contribution in [1.82, 2.24) is 0 Å². The van der Waals surface area contributed by atoms with Crippen molar-refractivity contribution in [3.05, 3.63) is 54.1 Å². The largest absolute Gasteiger partial charge is 0.378 e. The van der Waals surface area contributed by atoms with E-state index >= 15 is 0 Å². The molecule has 2 fully saturated rings. The van der Waals surface area contributed by atoms with Gasteiger partial charge in [0.2, 0.25) is 5.91 Å². The van der Waals surface area contributed by atoms with Crippen LogP contribution in [0.25, 0.3) is 0 Å².